The topological polar surface area (TPSA) is 88.3 Å². The highest BCUT2D eigenvalue weighted by Crippen LogP contribution is 2.41. The van der Waals surface area contributed by atoms with Gasteiger partial charge in [-0.05, 0) is 44.2 Å². The lowest BCUT2D eigenvalue weighted by atomic mass is 9.78. The Morgan fingerprint density at radius 3 is 2.72 bits per heavy atom. The van der Waals surface area contributed by atoms with E-state index >= 15 is 0 Å². The van der Waals surface area contributed by atoms with Gasteiger partial charge in [-0.1, -0.05) is 23.4 Å². The van der Waals surface area contributed by atoms with E-state index in [1.165, 1.54) is 11.8 Å². The normalized spacial score (nSPS) is 25.2. The summed E-state index contributed by atoms with van der Waals surface area (Å²) < 4.78 is 1.57. The fourth-order valence-electron chi connectivity index (χ4n) is 3.78. The molecule has 1 aliphatic heterocycles. The molecule has 0 spiro atoms. The van der Waals surface area contributed by atoms with E-state index in [9.17, 15) is 9.59 Å². The van der Waals surface area contributed by atoms with E-state index in [1.54, 1.807) is 4.68 Å². The van der Waals surface area contributed by atoms with Crippen molar-refractivity contribution in [2.45, 2.75) is 44.7 Å². The van der Waals surface area contributed by atoms with Crippen molar-refractivity contribution in [2.24, 2.45) is 5.92 Å². The van der Waals surface area contributed by atoms with E-state index in [0.717, 1.165) is 18.5 Å². The average molecular weight is 340 g/mol. The number of anilines is 1. The predicted octanol–water partition coefficient (Wildman–Crippen LogP) is 2.30. The molecule has 7 nitrogen and oxygen atoms in total. The number of amides is 1. The van der Waals surface area contributed by atoms with E-state index < -0.39 is 5.97 Å². The zero-order valence-electron chi connectivity index (χ0n) is 14.0. The minimum Gasteiger partial charge on any atom is -0.476 e. The van der Waals surface area contributed by atoms with E-state index in [1.807, 2.05) is 23.1 Å². The quantitative estimate of drug-likeness (QED) is 0.926. The molecule has 2 aliphatic rings. The van der Waals surface area contributed by atoms with Crippen LogP contribution in [0.5, 0.6) is 0 Å². The molecule has 25 heavy (non-hydrogen) atoms. The fraction of sp³-hybridized carbons (Fsp3) is 0.444. The third-order valence-corrected chi connectivity index (χ3v) is 5.33. The number of carboxylic acids is 1. The number of hydrogen-bond donors (Lipinski definition) is 1. The van der Waals surface area contributed by atoms with Gasteiger partial charge in [-0.2, -0.15) is 0 Å². The number of benzene rings is 1. The molecule has 0 saturated heterocycles. The molecule has 2 aromatic rings. The van der Waals surface area contributed by atoms with Gasteiger partial charge in [0.15, 0.2) is 5.69 Å². The second-order valence-corrected chi connectivity index (χ2v) is 6.94. The van der Waals surface area contributed by atoms with Crippen LogP contribution in [-0.2, 0) is 11.2 Å². The lowest BCUT2D eigenvalue weighted by Gasteiger charge is -2.42. The van der Waals surface area contributed by atoms with Gasteiger partial charge in [0.25, 0.3) is 0 Å². The summed E-state index contributed by atoms with van der Waals surface area (Å²) in [5, 5.41) is 16.4. The van der Waals surface area contributed by atoms with Crippen molar-refractivity contribution in [3.8, 4) is 0 Å². The Kier molecular flexibility index (Phi) is 3.78. The molecule has 0 bridgehead atoms. The van der Waals surface area contributed by atoms with Gasteiger partial charge in [0.2, 0.25) is 5.91 Å². The Bertz CT molecular complexity index is 825. The lowest BCUT2D eigenvalue weighted by molar-refractivity contribution is -0.126. The SMILES string of the molecule is CC1CCc2ccccc2N1C(=O)C1CC(n2cc(C(=O)O)nn2)C1. The number of hydrogen-bond acceptors (Lipinski definition) is 4. The van der Waals surface area contributed by atoms with E-state index in [0.29, 0.717) is 12.8 Å². The Labute approximate surface area is 145 Å². The molecule has 2 heterocycles. The average Bonchev–Trinajstić information content (AvgIpc) is 3.03. The number of carbonyl (C=O) groups is 2. The van der Waals surface area contributed by atoms with Gasteiger partial charge in [-0.25, -0.2) is 9.48 Å². The van der Waals surface area contributed by atoms with Crippen molar-refractivity contribution in [2.75, 3.05) is 4.90 Å². The minimum atomic E-state index is -1.09. The zero-order valence-corrected chi connectivity index (χ0v) is 14.0. The van der Waals surface area contributed by atoms with Crippen LogP contribution in [0.3, 0.4) is 0 Å². The van der Waals surface area contributed by atoms with Gasteiger partial charge in [0, 0.05) is 17.6 Å². The van der Waals surface area contributed by atoms with E-state index in [2.05, 4.69) is 23.3 Å². The molecule has 1 aliphatic carbocycles. The Balaban J connectivity index is 1.47. The molecule has 1 unspecified atom stereocenters. The molecular formula is C18H20N4O3. The van der Waals surface area contributed by atoms with Gasteiger partial charge in [-0.15, -0.1) is 5.10 Å². The Hall–Kier alpha value is -2.70. The molecule has 7 heteroatoms. The second-order valence-electron chi connectivity index (χ2n) is 6.94. The number of aromatic carboxylic acids is 1. The van der Waals surface area contributed by atoms with Crippen molar-refractivity contribution in [3.63, 3.8) is 0 Å². The number of para-hydroxylation sites is 1. The molecule has 1 fully saturated rings. The van der Waals surface area contributed by atoms with Crippen LogP contribution >= 0.6 is 0 Å². The number of fused-ring (bicyclic) bond motifs is 1. The number of rotatable bonds is 3. The maximum atomic E-state index is 13.0. The summed E-state index contributed by atoms with van der Waals surface area (Å²) in [5.41, 5.74) is 2.20. The van der Waals surface area contributed by atoms with Gasteiger partial charge < -0.3 is 10.0 Å². The third-order valence-electron chi connectivity index (χ3n) is 5.33. The van der Waals surface area contributed by atoms with Crippen LogP contribution in [0.25, 0.3) is 0 Å². The smallest absolute Gasteiger partial charge is 0.358 e. The van der Waals surface area contributed by atoms with E-state index in [4.69, 9.17) is 5.11 Å². The highest BCUT2D eigenvalue weighted by molar-refractivity contribution is 5.97. The molecule has 0 radical (unpaired) electrons. The van der Waals surface area contributed by atoms with Crippen LogP contribution in [0.15, 0.2) is 30.5 Å². The summed E-state index contributed by atoms with van der Waals surface area (Å²) >= 11 is 0. The number of nitrogens with zero attached hydrogens (tertiary/aromatic N) is 4. The first kappa shape index (κ1) is 15.8. The number of carboxylic acid groups (broad SMARTS) is 1. The fourth-order valence-corrected chi connectivity index (χ4v) is 3.78. The summed E-state index contributed by atoms with van der Waals surface area (Å²) in [6.45, 7) is 2.10. The van der Waals surface area contributed by atoms with Crippen LogP contribution in [0.1, 0.15) is 48.3 Å². The summed E-state index contributed by atoms with van der Waals surface area (Å²) in [4.78, 5) is 25.9. The summed E-state index contributed by atoms with van der Waals surface area (Å²) in [6, 6.07) is 8.35. The molecule has 1 N–H and O–H groups in total. The van der Waals surface area contributed by atoms with Crippen LogP contribution < -0.4 is 4.90 Å². The van der Waals surface area contributed by atoms with Crippen LogP contribution in [-0.4, -0.2) is 38.0 Å². The van der Waals surface area contributed by atoms with Crippen LogP contribution in [0.2, 0.25) is 0 Å². The molecule has 130 valence electrons. The standard InChI is InChI=1S/C18H20N4O3/c1-11-6-7-12-4-2-3-5-16(12)22(11)17(23)13-8-14(9-13)21-10-15(18(24)25)19-20-21/h2-5,10-11,13-14H,6-9H2,1H3,(H,24,25). The minimum absolute atomic E-state index is 0.0453. The van der Waals surface area contributed by atoms with Gasteiger partial charge in [0.1, 0.15) is 0 Å². The largest absolute Gasteiger partial charge is 0.476 e. The van der Waals surface area contributed by atoms with E-state index in [-0.39, 0.29) is 29.6 Å². The van der Waals surface area contributed by atoms with Crippen molar-refractivity contribution < 1.29 is 14.7 Å². The maximum absolute atomic E-state index is 13.0. The van der Waals surface area contributed by atoms with Gasteiger partial charge in [-0.3, -0.25) is 4.79 Å². The predicted molar refractivity (Wildman–Crippen MR) is 90.5 cm³/mol. The number of aryl methyl sites for hydroxylation is 1. The molecule has 4 rings (SSSR count). The summed E-state index contributed by atoms with van der Waals surface area (Å²) in [5.74, 6) is -0.970. The first-order valence-electron chi connectivity index (χ1n) is 8.60. The van der Waals surface area contributed by atoms with Crippen LogP contribution in [0, 0.1) is 5.92 Å². The van der Waals surface area contributed by atoms with Gasteiger partial charge in [0.05, 0.1) is 12.2 Å². The number of carbonyl (C=O) groups excluding carboxylic acids is 1. The van der Waals surface area contributed by atoms with Gasteiger partial charge >= 0.3 is 5.97 Å². The van der Waals surface area contributed by atoms with Crippen molar-refractivity contribution >= 4 is 17.6 Å². The molecule has 1 atom stereocenters. The molecule has 1 aromatic carbocycles. The highest BCUT2D eigenvalue weighted by atomic mass is 16.4. The molecule has 1 saturated carbocycles. The first-order chi connectivity index (χ1) is 12.0. The molecule has 1 amide bonds. The zero-order chi connectivity index (χ0) is 17.6. The monoisotopic (exact) mass is 340 g/mol. The number of aromatic nitrogens is 3. The van der Waals surface area contributed by atoms with Crippen molar-refractivity contribution in [3.05, 3.63) is 41.7 Å². The Morgan fingerprint density at radius 2 is 2.00 bits per heavy atom. The van der Waals surface area contributed by atoms with Crippen molar-refractivity contribution in [1.82, 2.24) is 15.0 Å². The third kappa shape index (κ3) is 2.69. The second kappa shape index (κ2) is 5.98. The molecule has 1 aromatic heterocycles. The lowest BCUT2D eigenvalue weighted by Crippen LogP contribution is -2.48. The maximum Gasteiger partial charge on any atom is 0.358 e. The summed E-state index contributed by atoms with van der Waals surface area (Å²) in [7, 11) is 0. The van der Waals surface area contributed by atoms with Crippen molar-refractivity contribution in [1.29, 1.82) is 0 Å². The summed E-state index contributed by atoms with van der Waals surface area (Å²) in [6.07, 6.45) is 4.76. The first-order valence-corrected chi connectivity index (χ1v) is 8.60. The highest BCUT2D eigenvalue weighted by Gasteiger charge is 2.41. The molecular weight excluding hydrogens is 320 g/mol. The Morgan fingerprint density at radius 1 is 1.24 bits per heavy atom. The van der Waals surface area contributed by atoms with Crippen LogP contribution in [0.4, 0.5) is 5.69 Å².